The van der Waals surface area contributed by atoms with Gasteiger partial charge in [0.05, 0.1) is 16.8 Å². The van der Waals surface area contributed by atoms with Crippen molar-refractivity contribution >= 4 is 51.2 Å². The summed E-state index contributed by atoms with van der Waals surface area (Å²) >= 11 is 1.44. The first kappa shape index (κ1) is 33.7. The SMILES string of the molecule is NC(=O)CNc1nc(N[C@@H]2CCCNC2)c(-c2nc3ccccc3s2)c(=O)[nH]1.O=C(O)C(F)(F)F.O=C(O)C(F)(F)F. The number of anilines is 2. The monoisotopic (exact) mass is 627 g/mol. The Hall–Kier alpha value is -4.46. The van der Waals surface area contributed by atoms with Crippen molar-refractivity contribution in [2.75, 3.05) is 30.3 Å². The molecular weight excluding hydrogens is 604 g/mol. The van der Waals surface area contributed by atoms with Crippen LogP contribution < -0.4 is 27.2 Å². The van der Waals surface area contributed by atoms with Crippen molar-refractivity contribution in [3.63, 3.8) is 0 Å². The smallest absolute Gasteiger partial charge is 0.475 e. The second-order valence-electron chi connectivity index (χ2n) is 8.24. The van der Waals surface area contributed by atoms with Gasteiger partial charge in [0.15, 0.2) is 0 Å². The number of aromatic amines is 1. The molecule has 20 heteroatoms. The number of nitrogens with two attached hydrogens (primary N) is 1. The van der Waals surface area contributed by atoms with Crippen LogP contribution in [0.5, 0.6) is 0 Å². The summed E-state index contributed by atoms with van der Waals surface area (Å²) < 4.78 is 64.5. The minimum Gasteiger partial charge on any atom is -0.475 e. The Kier molecular flexibility index (Phi) is 11.6. The second kappa shape index (κ2) is 14.4. The summed E-state index contributed by atoms with van der Waals surface area (Å²) in [5.74, 6) is -5.41. The van der Waals surface area contributed by atoms with E-state index in [1.165, 1.54) is 11.3 Å². The van der Waals surface area contributed by atoms with Gasteiger partial charge >= 0.3 is 24.3 Å². The molecule has 8 N–H and O–H groups in total. The molecule has 0 bridgehead atoms. The Balaban J connectivity index is 0.000000367. The maximum atomic E-state index is 12.9. The number of hydrogen-bond acceptors (Lipinski definition) is 10. The van der Waals surface area contributed by atoms with Crippen LogP contribution in [0.25, 0.3) is 20.8 Å². The number of fused-ring (bicyclic) bond motifs is 1. The van der Waals surface area contributed by atoms with Crippen molar-refractivity contribution in [2.24, 2.45) is 5.73 Å². The maximum Gasteiger partial charge on any atom is 0.490 e. The van der Waals surface area contributed by atoms with Crippen molar-refractivity contribution in [1.82, 2.24) is 20.3 Å². The average Bonchev–Trinajstić information content (AvgIpc) is 3.31. The van der Waals surface area contributed by atoms with Gasteiger partial charge in [-0.3, -0.25) is 14.6 Å². The molecule has 2 aromatic heterocycles. The molecule has 1 saturated heterocycles. The first-order valence-electron chi connectivity index (χ1n) is 11.6. The van der Waals surface area contributed by atoms with E-state index in [1.54, 1.807) is 0 Å². The molecule has 1 aromatic carbocycles. The van der Waals surface area contributed by atoms with Crippen molar-refractivity contribution in [3.05, 3.63) is 34.6 Å². The molecule has 0 aliphatic carbocycles. The molecule has 1 fully saturated rings. The number of thiazole rings is 1. The summed E-state index contributed by atoms with van der Waals surface area (Å²) in [4.78, 5) is 53.5. The third-order valence-electron chi connectivity index (χ3n) is 4.98. The van der Waals surface area contributed by atoms with Crippen molar-refractivity contribution < 1.29 is 50.9 Å². The number of aliphatic carboxylic acids is 2. The third-order valence-corrected chi connectivity index (χ3v) is 6.03. The molecule has 3 aromatic rings. The topological polar surface area (TPSA) is 212 Å². The molecule has 13 nitrogen and oxygen atoms in total. The quantitative estimate of drug-likeness (QED) is 0.197. The molecule has 1 aliphatic heterocycles. The van der Waals surface area contributed by atoms with Crippen LogP contribution >= 0.6 is 11.3 Å². The first-order chi connectivity index (χ1) is 19.5. The van der Waals surface area contributed by atoms with E-state index in [4.69, 9.17) is 25.5 Å². The fourth-order valence-electron chi connectivity index (χ4n) is 3.18. The Bertz CT molecular complexity index is 1400. The van der Waals surface area contributed by atoms with Crippen LogP contribution in [0.1, 0.15) is 12.8 Å². The van der Waals surface area contributed by atoms with Gasteiger partial charge in [0.1, 0.15) is 16.4 Å². The van der Waals surface area contributed by atoms with Crippen LogP contribution in [-0.4, -0.2) is 81.0 Å². The van der Waals surface area contributed by atoms with Crippen molar-refractivity contribution in [1.29, 1.82) is 0 Å². The number of rotatable bonds is 6. The van der Waals surface area contributed by atoms with Crippen molar-refractivity contribution in [2.45, 2.75) is 31.2 Å². The lowest BCUT2D eigenvalue weighted by atomic mass is 10.1. The van der Waals surface area contributed by atoms with Crippen LogP contribution in [0.3, 0.4) is 0 Å². The van der Waals surface area contributed by atoms with Gasteiger partial charge in [0.2, 0.25) is 11.9 Å². The second-order valence-corrected chi connectivity index (χ2v) is 9.27. The number of alkyl halides is 6. The lowest BCUT2D eigenvalue weighted by molar-refractivity contribution is -0.193. The highest BCUT2D eigenvalue weighted by Gasteiger charge is 2.38. The van der Waals surface area contributed by atoms with Gasteiger partial charge in [-0.05, 0) is 31.5 Å². The molecule has 1 atom stereocenters. The third kappa shape index (κ3) is 10.5. The summed E-state index contributed by atoms with van der Waals surface area (Å²) in [6.07, 6.45) is -8.14. The number of nitrogens with one attached hydrogen (secondary N) is 4. The molecular formula is C22H23F6N7O6S. The minimum absolute atomic E-state index is 0.117. The summed E-state index contributed by atoms with van der Waals surface area (Å²) in [5, 5.41) is 24.3. The van der Waals surface area contributed by atoms with Crippen LogP contribution in [0.15, 0.2) is 29.1 Å². The van der Waals surface area contributed by atoms with Gasteiger partial charge in [-0.2, -0.15) is 31.3 Å². The van der Waals surface area contributed by atoms with E-state index < -0.39 is 30.2 Å². The number of para-hydroxylation sites is 1. The zero-order valence-electron chi connectivity index (χ0n) is 21.1. The van der Waals surface area contributed by atoms with Gasteiger partial charge < -0.3 is 31.9 Å². The zero-order valence-corrected chi connectivity index (χ0v) is 21.9. The molecule has 1 aliphatic rings. The van der Waals surface area contributed by atoms with Gasteiger partial charge in [0, 0.05) is 12.6 Å². The van der Waals surface area contributed by atoms with Crippen LogP contribution in [-0.2, 0) is 14.4 Å². The molecule has 0 spiro atoms. The molecule has 3 heterocycles. The summed E-state index contributed by atoms with van der Waals surface area (Å²) in [6, 6.07) is 7.89. The summed E-state index contributed by atoms with van der Waals surface area (Å²) in [5.41, 5.74) is 6.09. The number of carboxylic acids is 2. The molecule has 0 radical (unpaired) electrons. The molecule has 0 saturated carbocycles. The van der Waals surface area contributed by atoms with Crippen LogP contribution in [0.2, 0.25) is 0 Å². The largest absolute Gasteiger partial charge is 0.490 e. The Morgan fingerprint density at radius 2 is 1.64 bits per heavy atom. The zero-order chi connectivity index (χ0) is 31.7. The van der Waals surface area contributed by atoms with E-state index in [9.17, 15) is 35.9 Å². The molecule has 4 rings (SSSR count). The minimum atomic E-state index is -5.08. The molecule has 42 heavy (non-hydrogen) atoms. The predicted molar refractivity (Wildman–Crippen MR) is 138 cm³/mol. The molecule has 230 valence electrons. The van der Waals surface area contributed by atoms with Crippen LogP contribution in [0.4, 0.5) is 38.1 Å². The number of aromatic nitrogens is 3. The van der Waals surface area contributed by atoms with Gasteiger partial charge in [-0.1, -0.05) is 12.1 Å². The number of nitrogens with zero attached hydrogens (tertiary/aromatic N) is 2. The van der Waals surface area contributed by atoms with E-state index in [2.05, 4.69) is 30.9 Å². The van der Waals surface area contributed by atoms with Gasteiger partial charge in [-0.25, -0.2) is 14.6 Å². The maximum absolute atomic E-state index is 12.9. The summed E-state index contributed by atoms with van der Waals surface area (Å²) in [7, 11) is 0. The predicted octanol–water partition coefficient (Wildman–Crippen LogP) is 2.37. The lowest BCUT2D eigenvalue weighted by Gasteiger charge is -2.25. The van der Waals surface area contributed by atoms with Crippen LogP contribution in [0, 0.1) is 0 Å². The highest BCUT2D eigenvalue weighted by molar-refractivity contribution is 7.21. The average molecular weight is 628 g/mol. The fourth-order valence-corrected chi connectivity index (χ4v) is 4.19. The van der Waals surface area contributed by atoms with E-state index >= 15 is 0 Å². The molecule has 0 unspecified atom stereocenters. The van der Waals surface area contributed by atoms with E-state index in [0.29, 0.717) is 16.4 Å². The Morgan fingerprint density at radius 1 is 1.05 bits per heavy atom. The number of benzene rings is 1. The highest BCUT2D eigenvalue weighted by atomic mass is 32.1. The summed E-state index contributed by atoms with van der Waals surface area (Å²) in [6.45, 7) is 1.66. The van der Waals surface area contributed by atoms with E-state index in [1.807, 2.05) is 24.3 Å². The number of primary amides is 1. The van der Waals surface area contributed by atoms with Gasteiger partial charge in [0.25, 0.3) is 5.56 Å². The number of hydrogen-bond donors (Lipinski definition) is 7. The fraction of sp³-hybridized carbons (Fsp3) is 0.364. The lowest BCUT2D eigenvalue weighted by Crippen LogP contribution is -2.39. The number of H-pyrrole nitrogens is 1. The molecule has 1 amide bonds. The highest BCUT2D eigenvalue weighted by Crippen LogP contribution is 2.32. The number of amides is 1. The standard InChI is InChI=1S/C18H21N7O2S.2C2HF3O2/c19-13(26)9-21-18-24-15(22-10-4-3-7-20-8-10)14(16(27)25-18)17-23-11-5-1-2-6-12(11)28-17;2*3-2(4,5)1(6)7/h1-2,5-6,10,20H,3-4,7-9H2,(H2,19,26)(H3,21,22,24,25,27);2*(H,6,7)/t10-;;/m1../s1. The van der Waals surface area contributed by atoms with E-state index in [-0.39, 0.29) is 24.1 Å². The number of piperidine rings is 1. The normalized spacial score (nSPS) is 15.0. The van der Waals surface area contributed by atoms with Crippen molar-refractivity contribution in [3.8, 4) is 10.6 Å². The Labute approximate surface area is 235 Å². The van der Waals surface area contributed by atoms with E-state index in [0.717, 1.165) is 36.1 Å². The van der Waals surface area contributed by atoms with Gasteiger partial charge in [-0.15, -0.1) is 11.3 Å². The number of carbonyl (C=O) groups excluding carboxylic acids is 1. The number of halogens is 6. The number of carboxylic acid groups (broad SMARTS) is 2. The first-order valence-corrected chi connectivity index (χ1v) is 12.4. The number of carbonyl (C=O) groups is 3. The Morgan fingerprint density at radius 3 is 2.14 bits per heavy atom.